The highest BCUT2D eigenvalue weighted by molar-refractivity contribution is 6.54. The summed E-state index contributed by atoms with van der Waals surface area (Å²) < 4.78 is 3.37. The van der Waals surface area contributed by atoms with Gasteiger partial charge in [0.2, 0.25) is 0 Å². The van der Waals surface area contributed by atoms with E-state index in [9.17, 15) is 9.59 Å². The van der Waals surface area contributed by atoms with Crippen molar-refractivity contribution in [2.24, 2.45) is 12.0 Å². The molecule has 36 heavy (non-hydrogen) atoms. The Balaban J connectivity index is 1.37. The van der Waals surface area contributed by atoms with Gasteiger partial charge in [-0.2, -0.15) is 0 Å². The number of aliphatic imine (C=N–C) groups is 1. The van der Waals surface area contributed by atoms with Gasteiger partial charge in [-0.1, -0.05) is 60.7 Å². The maximum Gasteiger partial charge on any atom is 0.297 e. The van der Waals surface area contributed by atoms with Crippen LogP contribution in [0.5, 0.6) is 0 Å². The molecule has 180 valence electrons. The molecule has 0 spiro atoms. The van der Waals surface area contributed by atoms with E-state index in [1.54, 1.807) is 14.3 Å². The van der Waals surface area contributed by atoms with Crippen molar-refractivity contribution in [2.75, 3.05) is 18.1 Å². The number of nitrogens with zero attached hydrogens (tertiary/aromatic N) is 5. The van der Waals surface area contributed by atoms with Crippen LogP contribution in [0.2, 0.25) is 0 Å². The second kappa shape index (κ2) is 8.77. The average Bonchev–Trinajstić information content (AvgIpc) is 3.29. The quantitative estimate of drug-likeness (QED) is 0.447. The van der Waals surface area contributed by atoms with Crippen LogP contribution in [0.15, 0.2) is 88.6 Å². The first kappa shape index (κ1) is 22.2. The molecule has 0 atom stereocenters. The molecular weight excluding hydrogens is 450 g/mol. The fraction of sp³-hybridized carbons (Fsp3) is 0.207. The fourth-order valence-electron chi connectivity index (χ4n) is 5.18. The van der Waals surface area contributed by atoms with Gasteiger partial charge in [0.1, 0.15) is 5.71 Å². The Hall–Kier alpha value is -4.23. The molecule has 3 aromatic carbocycles. The molecule has 0 N–H and O–H groups in total. The lowest BCUT2D eigenvalue weighted by Gasteiger charge is -2.32. The molecule has 0 aliphatic carbocycles. The Morgan fingerprint density at radius 2 is 1.56 bits per heavy atom. The smallest absolute Gasteiger partial charge is 0.293 e. The van der Waals surface area contributed by atoms with Crippen molar-refractivity contribution in [3.63, 3.8) is 0 Å². The number of aromatic nitrogens is 2. The van der Waals surface area contributed by atoms with E-state index in [0.717, 1.165) is 36.4 Å². The molecular formula is C29H27N5O2. The van der Waals surface area contributed by atoms with Crippen molar-refractivity contribution in [1.29, 1.82) is 0 Å². The summed E-state index contributed by atoms with van der Waals surface area (Å²) in [5.74, 6) is -0.177. The Bertz CT molecular complexity index is 1560. The maximum atomic E-state index is 13.7. The van der Waals surface area contributed by atoms with Gasteiger partial charge in [-0.15, -0.1) is 0 Å². The lowest BCUT2D eigenvalue weighted by molar-refractivity contribution is -0.112. The van der Waals surface area contributed by atoms with Crippen molar-refractivity contribution < 1.29 is 4.79 Å². The number of para-hydroxylation sites is 2. The molecule has 3 heterocycles. The number of fused-ring (bicyclic) bond motifs is 2. The summed E-state index contributed by atoms with van der Waals surface area (Å²) >= 11 is 0. The van der Waals surface area contributed by atoms with E-state index in [1.165, 1.54) is 11.1 Å². The number of anilines is 1. The molecule has 0 unspecified atom stereocenters. The first-order chi connectivity index (χ1) is 17.5. The summed E-state index contributed by atoms with van der Waals surface area (Å²) in [6, 6.07) is 25.6. The molecule has 0 bridgehead atoms. The number of rotatable bonds is 4. The maximum absolute atomic E-state index is 13.7. The van der Waals surface area contributed by atoms with Crippen LogP contribution >= 0.6 is 0 Å². The van der Waals surface area contributed by atoms with Crippen LogP contribution < -0.4 is 10.5 Å². The molecule has 0 radical (unpaired) electrons. The highest BCUT2D eigenvalue weighted by Crippen LogP contribution is 2.32. The summed E-state index contributed by atoms with van der Waals surface area (Å²) in [4.78, 5) is 36.0. The third kappa shape index (κ3) is 3.60. The molecule has 7 heteroatoms. The molecule has 2 aliphatic rings. The standard InChI is InChI=1S/C29H27N5O2/c1-20-26(29(36)34(31(20)2)23-12-4-3-5-13-23)30-27-24-14-8-9-15-25(24)33(28(27)35)19-32-17-16-21-10-6-7-11-22(21)18-32/h3-15H,16-19H2,1-2H3. The number of carbonyl (C=O) groups is 1. The largest absolute Gasteiger partial charge is 0.297 e. The zero-order valence-electron chi connectivity index (χ0n) is 20.4. The second-order valence-electron chi connectivity index (χ2n) is 9.33. The van der Waals surface area contributed by atoms with E-state index in [4.69, 9.17) is 4.99 Å². The predicted molar refractivity (Wildman–Crippen MR) is 141 cm³/mol. The van der Waals surface area contributed by atoms with E-state index in [2.05, 4.69) is 29.2 Å². The van der Waals surface area contributed by atoms with Gasteiger partial charge in [0.15, 0.2) is 5.69 Å². The van der Waals surface area contributed by atoms with Gasteiger partial charge in [-0.3, -0.25) is 24.1 Å². The summed E-state index contributed by atoms with van der Waals surface area (Å²) in [6.07, 6.45) is 0.961. The molecule has 7 nitrogen and oxygen atoms in total. The number of carbonyl (C=O) groups excluding carboxylic acids is 1. The first-order valence-corrected chi connectivity index (χ1v) is 12.2. The number of amides is 1. The first-order valence-electron chi connectivity index (χ1n) is 12.2. The Kier molecular flexibility index (Phi) is 5.42. The van der Waals surface area contributed by atoms with Crippen LogP contribution in [-0.2, 0) is 24.8 Å². The third-order valence-corrected chi connectivity index (χ3v) is 7.20. The average molecular weight is 478 g/mol. The van der Waals surface area contributed by atoms with Crippen LogP contribution in [0.4, 0.5) is 11.4 Å². The van der Waals surface area contributed by atoms with E-state index in [-0.39, 0.29) is 17.2 Å². The Morgan fingerprint density at radius 1 is 0.861 bits per heavy atom. The normalized spacial score (nSPS) is 16.4. The summed E-state index contributed by atoms with van der Waals surface area (Å²) in [5, 5.41) is 0. The Morgan fingerprint density at radius 3 is 2.36 bits per heavy atom. The van der Waals surface area contributed by atoms with Crippen molar-refractivity contribution in [3.05, 3.63) is 112 Å². The minimum atomic E-state index is -0.245. The van der Waals surface area contributed by atoms with Crippen molar-refractivity contribution >= 4 is 23.0 Å². The number of benzene rings is 3. The molecule has 0 fully saturated rings. The van der Waals surface area contributed by atoms with Gasteiger partial charge in [0.25, 0.3) is 11.5 Å². The van der Waals surface area contributed by atoms with Crippen LogP contribution in [0.1, 0.15) is 22.4 Å². The van der Waals surface area contributed by atoms with Gasteiger partial charge in [0.05, 0.1) is 23.7 Å². The zero-order valence-corrected chi connectivity index (χ0v) is 20.4. The SMILES string of the molecule is Cc1c(N=C2C(=O)N(CN3CCc4ccccc4C3)c3ccccc32)c(=O)n(-c2ccccc2)n1C. The number of hydrogen-bond acceptors (Lipinski definition) is 4. The van der Waals surface area contributed by atoms with Crippen LogP contribution in [-0.4, -0.2) is 39.1 Å². The van der Waals surface area contributed by atoms with E-state index in [1.807, 2.05) is 68.6 Å². The molecule has 0 saturated heterocycles. The van der Waals surface area contributed by atoms with Gasteiger partial charge >= 0.3 is 0 Å². The van der Waals surface area contributed by atoms with Gasteiger partial charge < -0.3 is 0 Å². The lowest BCUT2D eigenvalue weighted by atomic mass is 10.0. The third-order valence-electron chi connectivity index (χ3n) is 7.20. The lowest BCUT2D eigenvalue weighted by Crippen LogP contribution is -2.43. The highest BCUT2D eigenvalue weighted by atomic mass is 16.2. The van der Waals surface area contributed by atoms with Crippen LogP contribution in [0.3, 0.4) is 0 Å². The minimum Gasteiger partial charge on any atom is -0.293 e. The zero-order chi connectivity index (χ0) is 24.8. The van der Waals surface area contributed by atoms with Gasteiger partial charge in [0, 0.05) is 25.7 Å². The molecule has 6 rings (SSSR count). The van der Waals surface area contributed by atoms with E-state index < -0.39 is 0 Å². The Labute approximate surface area is 209 Å². The highest BCUT2D eigenvalue weighted by Gasteiger charge is 2.36. The summed E-state index contributed by atoms with van der Waals surface area (Å²) in [7, 11) is 1.83. The molecule has 4 aromatic rings. The topological polar surface area (TPSA) is 62.8 Å². The summed E-state index contributed by atoms with van der Waals surface area (Å²) in [6.45, 7) is 4.02. The van der Waals surface area contributed by atoms with E-state index >= 15 is 0 Å². The van der Waals surface area contributed by atoms with Crippen LogP contribution in [0, 0.1) is 6.92 Å². The number of hydrogen-bond donors (Lipinski definition) is 0. The predicted octanol–water partition coefficient (Wildman–Crippen LogP) is 3.97. The van der Waals surface area contributed by atoms with Crippen molar-refractivity contribution in [1.82, 2.24) is 14.3 Å². The van der Waals surface area contributed by atoms with Crippen molar-refractivity contribution in [2.45, 2.75) is 19.9 Å². The van der Waals surface area contributed by atoms with Gasteiger partial charge in [-0.25, -0.2) is 9.67 Å². The summed E-state index contributed by atoms with van der Waals surface area (Å²) in [5.41, 5.74) is 6.08. The fourth-order valence-corrected chi connectivity index (χ4v) is 5.18. The van der Waals surface area contributed by atoms with Crippen molar-refractivity contribution in [3.8, 4) is 5.69 Å². The van der Waals surface area contributed by atoms with E-state index in [0.29, 0.717) is 18.1 Å². The molecule has 1 aromatic heterocycles. The molecule has 1 amide bonds. The monoisotopic (exact) mass is 477 g/mol. The van der Waals surface area contributed by atoms with Gasteiger partial charge in [-0.05, 0) is 42.7 Å². The second-order valence-corrected chi connectivity index (χ2v) is 9.33. The molecule has 2 aliphatic heterocycles. The van der Waals surface area contributed by atoms with Crippen LogP contribution in [0.25, 0.3) is 5.69 Å². The molecule has 0 saturated carbocycles. The minimum absolute atomic E-state index is 0.177.